The van der Waals surface area contributed by atoms with Crippen molar-refractivity contribution >= 4 is 90.7 Å². The van der Waals surface area contributed by atoms with Crippen molar-refractivity contribution in [1.29, 1.82) is 26.3 Å². The van der Waals surface area contributed by atoms with E-state index in [0.717, 1.165) is 151 Å². The molecule has 124 heavy (non-hydrogen) atoms. The molecule has 0 aromatic heterocycles. The summed E-state index contributed by atoms with van der Waals surface area (Å²) in [5, 5.41) is 48.0. The van der Waals surface area contributed by atoms with Crippen LogP contribution in [0.2, 0.25) is 15.1 Å². The van der Waals surface area contributed by atoms with Crippen LogP contribution in [0.1, 0.15) is 191 Å². The van der Waals surface area contributed by atoms with E-state index in [0.29, 0.717) is 38.2 Å². The van der Waals surface area contributed by atoms with Crippen LogP contribution in [-0.4, -0.2) is 103 Å². The van der Waals surface area contributed by atoms with Crippen LogP contribution < -0.4 is 0 Å². The molecule has 5 aliphatic heterocycles. The largest absolute Gasteiger partial charge is 0.299 e. The molecule has 0 radical (unpaired) electrons. The van der Waals surface area contributed by atoms with Crippen molar-refractivity contribution in [2.75, 3.05) is 65.4 Å². The summed E-state index contributed by atoms with van der Waals surface area (Å²) >= 11 is 23.8. The SMILES string of the molecule is Cc1cc(C)cc(Sc2ccc(C#N)cc2CN2CCC(C)CC2)c1.Cc1cc(C)cc(Sc2ccc(C#N)cc2CN2CCCCC2)c1.Cc1cc(Cl)cc(S(=O)(=O)c2ccc(C#N)cc2CN2CCCCC2)c1.Cc1cc(Cl)cc(S(=O)c2ccc(C#N)cc2CN2CCCCC2)c1.Cc1cc(Cl)cc(Sc2ccc(C#N)cc2CN2CCCCC2)c1. The van der Waals surface area contributed by atoms with Crippen LogP contribution in [0.15, 0.2) is 231 Å². The molecule has 10 aromatic rings. The third-order valence-corrected chi connectivity index (χ3v) is 29.9. The van der Waals surface area contributed by atoms with E-state index in [1.165, 1.54) is 160 Å². The molecule has 0 aliphatic carbocycles. The standard InChI is InChI=1S/C22H26N2S.C21H24N2S.C20H21ClN2O2S.C20H21ClN2OS.C20H21ClN2S/c1-16-6-8-24(9-7-16)15-20-13-19(14-23)4-5-22(20)25-21-11-17(2)10-18(3)12-21;1-16-10-17(2)12-20(11-16)24-21-7-6-18(14-22)13-19(21)15-23-8-4-3-5-9-23;1-15-9-18(21)12-19(10-15)26(24,25)20-6-5-16(13-22)11-17(20)14-23-7-3-2-4-8-23;1-15-9-18(21)12-19(10-15)25(24)20-6-5-16(13-22)11-17(20)14-23-7-3-2-4-8-23;1-15-9-18(21)12-19(10-15)24-20-6-5-16(13-22)11-17(20)14-23-7-3-2-4-8-23/h4-5,10-13,16H,6-9,15H2,1-3H3;6-7,10-13H,3-5,8-9,15H2,1-2H3;5-6,9-12H,2-4,7-8,14H2,1H3;5-6,9-12H,2-4,7-8,14H2,1H3;5-6,9-12H,2-4,7-8,14H2,1H3. The maximum absolute atomic E-state index is 13.2. The van der Waals surface area contributed by atoms with Gasteiger partial charge in [0.2, 0.25) is 9.84 Å². The predicted octanol–water partition coefficient (Wildman–Crippen LogP) is 25.5. The molecule has 0 amide bonds. The zero-order chi connectivity index (χ0) is 88.2. The van der Waals surface area contributed by atoms with Gasteiger partial charge in [-0.3, -0.25) is 24.5 Å². The van der Waals surface area contributed by atoms with E-state index >= 15 is 0 Å². The van der Waals surface area contributed by atoms with Gasteiger partial charge in [-0.1, -0.05) is 115 Å². The van der Waals surface area contributed by atoms with E-state index in [1.807, 2.05) is 98.0 Å². The Morgan fingerprint density at radius 3 is 1.01 bits per heavy atom. The number of rotatable bonds is 20. The molecule has 21 heteroatoms. The van der Waals surface area contributed by atoms with Crippen molar-refractivity contribution < 1.29 is 12.6 Å². The number of likely N-dealkylation sites (tertiary alicyclic amines) is 5. The van der Waals surface area contributed by atoms with Crippen LogP contribution in [-0.2, 0) is 53.4 Å². The number of aryl methyl sites for hydroxylation is 7. The minimum absolute atomic E-state index is 0.187. The first-order chi connectivity index (χ1) is 59.8. The van der Waals surface area contributed by atoms with Crippen molar-refractivity contribution in [3.05, 3.63) is 292 Å². The van der Waals surface area contributed by atoms with E-state index in [-0.39, 0.29) is 9.79 Å². The summed E-state index contributed by atoms with van der Waals surface area (Å²) in [5.41, 5.74) is 16.9. The second-order valence-corrected chi connectivity index (χ2v) is 41.6. The first-order valence-corrected chi connectivity index (χ1v) is 49.4. The highest BCUT2D eigenvalue weighted by Gasteiger charge is 2.27. The highest BCUT2D eigenvalue weighted by molar-refractivity contribution is 8.00. The molecule has 0 spiro atoms. The van der Waals surface area contributed by atoms with Crippen LogP contribution in [0.4, 0.5) is 0 Å². The summed E-state index contributed by atoms with van der Waals surface area (Å²) in [6.07, 6.45) is 17.5. The van der Waals surface area contributed by atoms with Gasteiger partial charge in [-0.15, -0.1) is 0 Å². The summed E-state index contributed by atoms with van der Waals surface area (Å²) in [5.74, 6) is 0.839. The number of hydrogen-bond donors (Lipinski definition) is 0. The number of benzene rings is 10. The maximum Gasteiger partial charge on any atom is 0.206 e. The molecule has 644 valence electrons. The molecular weight excluding hydrogens is 1690 g/mol. The second kappa shape index (κ2) is 47.9. The molecule has 5 fully saturated rings. The molecule has 10 aromatic carbocycles. The van der Waals surface area contributed by atoms with Gasteiger partial charge in [0.25, 0.3) is 0 Å². The number of halogens is 3. The Hall–Kier alpha value is -8.53. The van der Waals surface area contributed by atoms with Gasteiger partial charge in [0, 0.05) is 87.0 Å². The molecule has 15 rings (SSSR count). The van der Waals surface area contributed by atoms with E-state index < -0.39 is 20.6 Å². The maximum atomic E-state index is 13.2. The zero-order valence-electron chi connectivity index (χ0n) is 72.8. The van der Waals surface area contributed by atoms with E-state index in [9.17, 15) is 38.9 Å². The second-order valence-electron chi connectivity index (χ2n) is 33.6. The Morgan fingerprint density at radius 2 is 0.637 bits per heavy atom. The van der Waals surface area contributed by atoms with E-state index in [1.54, 1.807) is 54.2 Å². The van der Waals surface area contributed by atoms with Crippen LogP contribution in [0.25, 0.3) is 0 Å². The van der Waals surface area contributed by atoms with E-state index in [2.05, 4.69) is 169 Å². The smallest absolute Gasteiger partial charge is 0.206 e. The predicted molar refractivity (Wildman–Crippen MR) is 509 cm³/mol. The van der Waals surface area contributed by atoms with Crippen molar-refractivity contribution in [2.45, 2.75) is 227 Å². The molecule has 0 N–H and O–H groups in total. The summed E-state index contributed by atoms with van der Waals surface area (Å²) in [6.45, 7) is 31.8. The van der Waals surface area contributed by atoms with Crippen LogP contribution in [0, 0.1) is 111 Å². The summed E-state index contributed by atoms with van der Waals surface area (Å²) in [6, 6.07) is 69.5. The van der Waals surface area contributed by atoms with Crippen molar-refractivity contribution in [3.63, 3.8) is 0 Å². The van der Waals surface area contributed by atoms with Crippen LogP contribution >= 0.6 is 70.1 Å². The van der Waals surface area contributed by atoms with Crippen molar-refractivity contribution in [3.8, 4) is 30.3 Å². The van der Waals surface area contributed by atoms with E-state index in [4.69, 9.17) is 34.8 Å². The lowest BCUT2D eigenvalue weighted by molar-refractivity contribution is 0.184. The van der Waals surface area contributed by atoms with Crippen molar-refractivity contribution in [1.82, 2.24) is 24.5 Å². The van der Waals surface area contributed by atoms with Gasteiger partial charge >= 0.3 is 0 Å². The lowest BCUT2D eigenvalue weighted by Crippen LogP contribution is -2.32. The minimum Gasteiger partial charge on any atom is -0.299 e. The number of nitriles is 5. The number of sulfone groups is 1. The first kappa shape index (κ1) is 96.1. The third-order valence-electron chi connectivity index (χ3n) is 22.7. The fraction of sp³-hybridized carbons (Fsp3) is 0.369. The molecule has 0 saturated carbocycles. The van der Waals surface area contributed by atoms with Crippen molar-refractivity contribution in [2.24, 2.45) is 5.92 Å². The fourth-order valence-corrected chi connectivity index (χ4v) is 23.9. The highest BCUT2D eigenvalue weighted by Crippen LogP contribution is 2.39. The monoisotopic (exact) mass is 1800 g/mol. The average Bonchev–Trinajstić information content (AvgIpc) is 0.816. The normalized spacial score (nSPS) is 15.7. The Balaban J connectivity index is 0.000000151. The van der Waals surface area contributed by atoms with Crippen LogP contribution in [0.5, 0.6) is 0 Å². The molecule has 1 atom stereocenters. The molecular formula is C103H113Cl3N10O3S5. The molecule has 5 aliphatic rings. The lowest BCUT2D eigenvalue weighted by Gasteiger charge is -2.30. The Kier molecular flexibility index (Phi) is 37.1. The minimum atomic E-state index is -3.71. The number of nitrogens with zero attached hydrogens (tertiary/aromatic N) is 10. The molecule has 5 saturated heterocycles. The summed E-state index contributed by atoms with van der Waals surface area (Å²) in [7, 11) is -5.02. The quantitative estimate of drug-likeness (QED) is 0.0700. The van der Waals surface area contributed by atoms with Gasteiger partial charge in [0.15, 0.2) is 0 Å². The Bertz CT molecular complexity index is 5480. The third kappa shape index (κ3) is 29.5. The topological polar surface area (TPSA) is 186 Å². The molecule has 5 heterocycles. The number of hydrogen-bond acceptors (Lipinski definition) is 16. The van der Waals surface area contributed by atoms with Crippen LogP contribution in [0.3, 0.4) is 0 Å². The zero-order valence-corrected chi connectivity index (χ0v) is 79.1. The lowest BCUT2D eigenvalue weighted by atomic mass is 9.98. The Labute approximate surface area is 768 Å². The molecule has 0 bridgehead atoms. The first-order valence-electron chi connectivity index (χ1n) is 43.2. The average molecular weight is 1810 g/mol. The summed E-state index contributed by atoms with van der Waals surface area (Å²) < 4.78 is 39.6. The van der Waals surface area contributed by atoms with Gasteiger partial charge in [-0.25, -0.2) is 12.6 Å². The van der Waals surface area contributed by atoms with Gasteiger partial charge < -0.3 is 0 Å². The summed E-state index contributed by atoms with van der Waals surface area (Å²) in [4.78, 5) is 21.5. The van der Waals surface area contributed by atoms with Gasteiger partial charge in [0.05, 0.1) is 78.8 Å². The van der Waals surface area contributed by atoms with Gasteiger partial charge in [-0.05, 0) is 421 Å². The molecule has 1 unspecified atom stereocenters. The fourth-order valence-electron chi connectivity index (χ4n) is 16.5. The van der Waals surface area contributed by atoms with Gasteiger partial charge in [-0.2, -0.15) is 26.3 Å². The molecule has 13 nitrogen and oxygen atoms in total. The highest BCUT2D eigenvalue weighted by atomic mass is 35.5. The Morgan fingerprint density at radius 1 is 0.339 bits per heavy atom. The number of piperidine rings is 5. The van der Waals surface area contributed by atoms with Gasteiger partial charge in [0.1, 0.15) is 0 Å².